The monoisotopic (exact) mass is 452 g/mol. The predicted octanol–water partition coefficient (Wildman–Crippen LogP) is -7.59. The molecule has 15 heteroatoms. The molecule has 0 spiro atoms. The fourth-order valence-corrected chi connectivity index (χ4v) is 2.06. The van der Waals surface area contributed by atoms with Crippen LogP contribution in [0.25, 0.3) is 0 Å². The zero-order valence-corrected chi connectivity index (χ0v) is 18.2. The Morgan fingerprint density at radius 3 is 1.14 bits per heavy atom. The van der Waals surface area contributed by atoms with Gasteiger partial charge in [-0.25, -0.2) is 0 Å². The van der Waals surface area contributed by atoms with Crippen molar-refractivity contribution < 1.29 is 50.6 Å². The van der Waals surface area contributed by atoms with Gasteiger partial charge in [-0.2, -0.15) is 0 Å². The molecule has 14 nitrogen and oxygen atoms in total. The zero-order chi connectivity index (χ0) is 19.9. The first-order valence-corrected chi connectivity index (χ1v) is 7.90. The number of nitrogens with one attached hydrogen (secondary N) is 2. The van der Waals surface area contributed by atoms with Crippen molar-refractivity contribution in [2.45, 2.75) is 0 Å². The molecule has 0 aromatic rings. The Morgan fingerprint density at radius 2 is 0.966 bits per heavy atom. The van der Waals surface area contributed by atoms with E-state index in [-0.39, 0.29) is 61.8 Å². The van der Waals surface area contributed by atoms with Gasteiger partial charge >= 0.3 is 49.7 Å². The van der Waals surface area contributed by atoms with Crippen molar-refractivity contribution in [1.29, 1.82) is 0 Å². The first kappa shape index (κ1) is 35.3. The van der Waals surface area contributed by atoms with Crippen molar-refractivity contribution in [3.05, 3.63) is 0 Å². The molecule has 1 aliphatic heterocycles. The van der Waals surface area contributed by atoms with E-state index >= 15 is 0 Å². The minimum atomic E-state index is -1.49. The maximum Gasteiger partial charge on any atom is 2.00 e. The molecule has 0 aliphatic carbocycles. The summed E-state index contributed by atoms with van der Waals surface area (Å²) in [5, 5.41) is 44.5. The maximum atomic E-state index is 10.5. The number of hydrogen-bond donors (Lipinski definition) is 4. The van der Waals surface area contributed by atoms with Crippen LogP contribution < -0.4 is 20.8 Å². The normalized spacial score (nSPS) is 12.3. The molecule has 1 saturated heterocycles. The fraction of sp³-hybridized carbons (Fsp3) is 0.714. The number of aliphatic carboxylic acids is 4. The summed E-state index contributed by atoms with van der Waals surface area (Å²) in [7, 11) is 0. The molecule has 166 valence electrons. The summed E-state index contributed by atoms with van der Waals surface area (Å²) >= 11 is 0. The SMILES string of the molecule is C1CNCCN1.O.O.O=C([O-])CN(CCN(CC(=O)[O-])CC(=O)O)CC(=O)O.[Ca+2]. The minimum absolute atomic E-state index is 0. The van der Waals surface area contributed by atoms with E-state index < -0.39 is 50.1 Å². The summed E-state index contributed by atoms with van der Waals surface area (Å²) < 4.78 is 0. The van der Waals surface area contributed by atoms with E-state index in [1.807, 2.05) is 0 Å². The van der Waals surface area contributed by atoms with Gasteiger partial charge in [0.1, 0.15) is 0 Å². The number of carbonyl (C=O) groups excluding carboxylic acids is 2. The van der Waals surface area contributed by atoms with Crippen LogP contribution in [0.4, 0.5) is 0 Å². The average Bonchev–Trinajstić information content (AvgIpc) is 2.52. The van der Waals surface area contributed by atoms with E-state index in [9.17, 15) is 29.4 Å². The van der Waals surface area contributed by atoms with Crippen LogP contribution in [-0.4, -0.2) is 158 Å². The molecule has 1 rings (SSSR count). The Bertz CT molecular complexity index is 400. The molecular formula is C14H28CaN4O10. The van der Waals surface area contributed by atoms with Crippen LogP contribution >= 0.6 is 0 Å². The molecule has 1 fully saturated rings. The second-order valence-electron chi connectivity index (χ2n) is 5.45. The molecule has 0 saturated carbocycles. The third-order valence-corrected chi connectivity index (χ3v) is 3.11. The third-order valence-electron chi connectivity index (χ3n) is 3.11. The Hall–Kier alpha value is -1.10. The summed E-state index contributed by atoms with van der Waals surface area (Å²) in [5.74, 6) is -5.52. The molecule has 0 unspecified atom stereocenters. The van der Waals surface area contributed by atoms with Gasteiger partial charge in [0.15, 0.2) is 0 Å². The van der Waals surface area contributed by atoms with E-state index in [4.69, 9.17) is 10.2 Å². The number of hydrogen-bond acceptors (Lipinski definition) is 10. The van der Waals surface area contributed by atoms with E-state index in [0.717, 1.165) is 36.0 Å². The Kier molecular flexibility index (Phi) is 26.3. The maximum absolute atomic E-state index is 10.5. The summed E-state index contributed by atoms with van der Waals surface area (Å²) in [5.41, 5.74) is 0. The molecule has 0 amide bonds. The average molecular weight is 452 g/mol. The predicted molar refractivity (Wildman–Crippen MR) is 96.9 cm³/mol. The van der Waals surface area contributed by atoms with Gasteiger partial charge in [-0.3, -0.25) is 19.4 Å². The Morgan fingerprint density at radius 1 is 0.690 bits per heavy atom. The molecule has 0 bridgehead atoms. The smallest absolute Gasteiger partial charge is 0.549 e. The van der Waals surface area contributed by atoms with Crippen LogP contribution in [0.1, 0.15) is 0 Å². The quantitative estimate of drug-likeness (QED) is 0.213. The topological polar surface area (TPSA) is 248 Å². The van der Waals surface area contributed by atoms with Crippen LogP contribution in [0, 0.1) is 0 Å². The van der Waals surface area contributed by atoms with Gasteiger partial charge in [-0.1, -0.05) is 0 Å². The molecule has 29 heavy (non-hydrogen) atoms. The van der Waals surface area contributed by atoms with Crippen molar-refractivity contribution >= 4 is 61.6 Å². The number of piperazine rings is 1. The molecule has 0 atom stereocenters. The molecule has 1 heterocycles. The van der Waals surface area contributed by atoms with Crippen molar-refractivity contribution in [2.75, 3.05) is 65.4 Å². The largest absolute Gasteiger partial charge is 2.00 e. The van der Waals surface area contributed by atoms with Crippen LogP contribution in [0.5, 0.6) is 0 Å². The molecule has 0 aromatic carbocycles. The second-order valence-corrected chi connectivity index (χ2v) is 5.45. The van der Waals surface area contributed by atoms with Crippen LogP contribution in [0.2, 0.25) is 0 Å². The second kappa shape index (κ2) is 21.6. The van der Waals surface area contributed by atoms with Gasteiger partial charge < -0.3 is 51.6 Å². The van der Waals surface area contributed by atoms with E-state index in [1.54, 1.807) is 0 Å². The summed E-state index contributed by atoms with van der Waals surface area (Å²) in [6.45, 7) is 1.80. The fourth-order valence-electron chi connectivity index (χ4n) is 2.06. The summed E-state index contributed by atoms with van der Waals surface area (Å²) in [6.07, 6.45) is 0. The number of rotatable bonds is 11. The van der Waals surface area contributed by atoms with Crippen molar-refractivity contribution in [1.82, 2.24) is 20.4 Å². The molecule has 1 aliphatic rings. The number of carboxylic acids is 4. The molecule has 8 N–H and O–H groups in total. The molecule has 0 radical (unpaired) electrons. The third kappa shape index (κ3) is 24.9. The first-order chi connectivity index (χ1) is 12.2. The summed E-state index contributed by atoms with van der Waals surface area (Å²) in [6, 6.07) is 0. The van der Waals surface area contributed by atoms with Gasteiger partial charge in [0.05, 0.1) is 25.0 Å². The van der Waals surface area contributed by atoms with Gasteiger partial charge in [-0.05, 0) is 0 Å². The van der Waals surface area contributed by atoms with Crippen molar-refractivity contribution in [3.8, 4) is 0 Å². The van der Waals surface area contributed by atoms with Crippen LogP contribution in [0.15, 0.2) is 0 Å². The van der Waals surface area contributed by atoms with Crippen LogP contribution in [0.3, 0.4) is 0 Å². The standard InChI is InChI=1S/C10H16N2O8.C4H10N2.Ca.2H2O/c13-7(14)3-11(4-8(15)16)1-2-12(5-9(17)18)6-10(19)20;1-2-6-4-3-5-1;;;/h1-6H2,(H,13,14)(H,15,16)(H,17,18)(H,19,20);5-6H,1-4H2;;2*1H2/q;;+2;;/p-2. The number of carbonyl (C=O) groups is 4. The number of carboxylic acid groups (broad SMARTS) is 4. The molecular weight excluding hydrogens is 424 g/mol. The van der Waals surface area contributed by atoms with Crippen molar-refractivity contribution in [3.63, 3.8) is 0 Å². The van der Waals surface area contributed by atoms with Gasteiger partial charge in [-0.15, -0.1) is 0 Å². The van der Waals surface area contributed by atoms with Crippen LogP contribution in [-0.2, 0) is 19.2 Å². The summed E-state index contributed by atoms with van der Waals surface area (Å²) in [4.78, 5) is 43.9. The number of nitrogens with zero attached hydrogens (tertiary/aromatic N) is 2. The first-order valence-electron chi connectivity index (χ1n) is 7.90. The Labute approximate surface area is 197 Å². The van der Waals surface area contributed by atoms with E-state index in [1.165, 1.54) is 0 Å². The minimum Gasteiger partial charge on any atom is -0.549 e. The van der Waals surface area contributed by atoms with Crippen molar-refractivity contribution in [2.24, 2.45) is 0 Å². The van der Waals surface area contributed by atoms with E-state index in [0.29, 0.717) is 0 Å². The molecule has 0 aromatic heterocycles. The van der Waals surface area contributed by atoms with Gasteiger partial charge in [0.25, 0.3) is 0 Å². The Balaban J connectivity index is -0.000000296. The van der Waals surface area contributed by atoms with Gasteiger partial charge in [0.2, 0.25) is 0 Å². The van der Waals surface area contributed by atoms with E-state index in [2.05, 4.69) is 10.6 Å². The zero-order valence-electron chi connectivity index (χ0n) is 16.0. The van der Waals surface area contributed by atoms with Gasteiger partial charge in [0, 0.05) is 52.4 Å².